The molecule has 3 rings (SSSR count). The smallest absolute Gasteiger partial charge is 0.317 e. The maximum absolute atomic E-state index is 12.7. The molecule has 2 aliphatic heterocycles. The molecule has 2 heterocycles. The van der Waals surface area contributed by atoms with Crippen LogP contribution in [-0.2, 0) is 6.54 Å². The number of carbonyl (C=O) groups excluding carboxylic acids is 1. The second-order valence-electron chi connectivity index (χ2n) is 7.89. The molecule has 8 nitrogen and oxygen atoms in total. The van der Waals surface area contributed by atoms with Gasteiger partial charge in [0.15, 0.2) is 0 Å². The number of hydrazone groups is 1. The minimum atomic E-state index is -0.0759. The monoisotopic (exact) mass is 411 g/mol. The molecule has 0 spiro atoms. The molecule has 0 aliphatic carbocycles. The molecule has 2 aliphatic rings. The van der Waals surface area contributed by atoms with Gasteiger partial charge in [-0.3, -0.25) is 5.43 Å². The fourth-order valence-electron chi connectivity index (χ4n) is 3.69. The molecular weight excluding hydrogens is 378 g/mol. The number of carbonyl (C=O) groups is 1. The van der Waals surface area contributed by atoms with E-state index in [9.17, 15) is 4.79 Å². The molecule has 5 N–H and O–H groups in total. The largest absolute Gasteiger partial charge is 0.403 e. The van der Waals surface area contributed by atoms with Crippen molar-refractivity contribution in [3.05, 3.63) is 59.4 Å². The summed E-state index contributed by atoms with van der Waals surface area (Å²) in [7, 11) is 1.87. The average Bonchev–Trinajstić information content (AvgIpc) is 2.78. The number of nitrogens with one attached hydrogen (secondary N) is 3. The number of urea groups is 1. The summed E-state index contributed by atoms with van der Waals surface area (Å²) in [5, 5.41) is 10.6. The van der Waals surface area contributed by atoms with Gasteiger partial charge in [0.2, 0.25) is 0 Å². The highest BCUT2D eigenvalue weighted by Crippen LogP contribution is 2.17. The zero-order valence-corrected chi connectivity index (χ0v) is 18.1. The van der Waals surface area contributed by atoms with Crippen molar-refractivity contribution in [2.24, 2.45) is 10.8 Å². The number of nitrogens with zero attached hydrogens (tertiary/aromatic N) is 3. The number of amides is 2. The third kappa shape index (κ3) is 5.46. The predicted molar refractivity (Wildman–Crippen MR) is 120 cm³/mol. The van der Waals surface area contributed by atoms with Gasteiger partial charge in [-0.15, -0.1) is 0 Å². The van der Waals surface area contributed by atoms with Crippen LogP contribution in [0.15, 0.2) is 47.9 Å². The Morgan fingerprint density at radius 3 is 2.93 bits per heavy atom. The average molecular weight is 412 g/mol. The second-order valence-corrected chi connectivity index (χ2v) is 7.89. The first-order chi connectivity index (χ1) is 14.5. The van der Waals surface area contributed by atoms with Crippen LogP contribution in [0.1, 0.15) is 29.5 Å². The SMILES string of the molecule is Cc1ccc(CNC(=O)N(C)C2CCCN(C3=NNC(N/C=C\N)C=C3)C2)cc1C. The second kappa shape index (κ2) is 10.0. The van der Waals surface area contributed by atoms with Crippen LogP contribution in [-0.4, -0.2) is 54.0 Å². The van der Waals surface area contributed by atoms with Crippen molar-refractivity contribution in [2.45, 2.75) is 45.4 Å². The van der Waals surface area contributed by atoms with Crippen molar-refractivity contribution in [1.29, 1.82) is 0 Å². The lowest BCUT2D eigenvalue weighted by Gasteiger charge is -2.39. The third-order valence-electron chi connectivity index (χ3n) is 5.73. The fraction of sp³-hybridized carbons (Fsp3) is 0.455. The maximum atomic E-state index is 12.7. The van der Waals surface area contributed by atoms with Crippen LogP contribution < -0.4 is 21.8 Å². The van der Waals surface area contributed by atoms with Gasteiger partial charge in [0.05, 0.1) is 6.04 Å². The normalized spacial score (nSPS) is 21.2. The number of likely N-dealkylation sites (N-methyl/N-ethyl adjacent to an activating group) is 1. The van der Waals surface area contributed by atoms with Crippen LogP contribution >= 0.6 is 0 Å². The van der Waals surface area contributed by atoms with Gasteiger partial charge < -0.3 is 26.2 Å². The lowest BCUT2D eigenvalue weighted by molar-refractivity contribution is 0.156. The lowest BCUT2D eigenvalue weighted by Crippen LogP contribution is -2.53. The van der Waals surface area contributed by atoms with Crippen LogP contribution in [0.4, 0.5) is 4.79 Å². The Morgan fingerprint density at radius 1 is 1.40 bits per heavy atom. The molecule has 0 saturated carbocycles. The zero-order valence-electron chi connectivity index (χ0n) is 18.1. The predicted octanol–water partition coefficient (Wildman–Crippen LogP) is 1.73. The Morgan fingerprint density at radius 2 is 2.23 bits per heavy atom. The molecule has 8 heteroatoms. The summed E-state index contributed by atoms with van der Waals surface area (Å²) >= 11 is 0. The van der Waals surface area contributed by atoms with Gasteiger partial charge in [-0.1, -0.05) is 18.2 Å². The van der Waals surface area contributed by atoms with E-state index in [0.29, 0.717) is 6.54 Å². The van der Waals surface area contributed by atoms with Gasteiger partial charge in [-0.05, 0) is 55.5 Å². The van der Waals surface area contributed by atoms with Gasteiger partial charge in [0.25, 0.3) is 0 Å². The Balaban J connectivity index is 1.51. The topological polar surface area (TPSA) is 98.0 Å². The van der Waals surface area contributed by atoms with Gasteiger partial charge in [0, 0.05) is 39.1 Å². The van der Waals surface area contributed by atoms with Gasteiger partial charge in [-0.25, -0.2) is 4.79 Å². The minimum absolute atomic E-state index is 0.0443. The summed E-state index contributed by atoms with van der Waals surface area (Å²) in [5.41, 5.74) is 12.0. The summed E-state index contributed by atoms with van der Waals surface area (Å²) in [6, 6.07) is 6.39. The van der Waals surface area contributed by atoms with Crippen molar-refractivity contribution >= 4 is 11.9 Å². The summed E-state index contributed by atoms with van der Waals surface area (Å²) < 4.78 is 0. The van der Waals surface area contributed by atoms with Gasteiger partial charge in [-0.2, -0.15) is 5.10 Å². The molecular formula is C22H33N7O. The first kappa shape index (κ1) is 21.5. The van der Waals surface area contributed by atoms with E-state index in [2.05, 4.69) is 58.1 Å². The maximum Gasteiger partial charge on any atom is 0.317 e. The van der Waals surface area contributed by atoms with Crippen molar-refractivity contribution < 1.29 is 4.79 Å². The van der Waals surface area contributed by atoms with Crippen LogP contribution in [0.2, 0.25) is 0 Å². The molecule has 1 saturated heterocycles. The number of piperidine rings is 1. The molecule has 0 radical (unpaired) electrons. The van der Waals surface area contributed by atoms with Crippen LogP contribution in [0.25, 0.3) is 0 Å². The zero-order chi connectivity index (χ0) is 21.5. The Kier molecular flexibility index (Phi) is 7.21. The molecule has 1 fully saturated rings. The molecule has 1 aromatic carbocycles. The Bertz CT molecular complexity index is 833. The van der Waals surface area contributed by atoms with Crippen molar-refractivity contribution in [3.63, 3.8) is 0 Å². The highest BCUT2D eigenvalue weighted by Gasteiger charge is 2.27. The Labute approximate surface area is 178 Å². The highest BCUT2D eigenvalue weighted by atomic mass is 16.2. The van der Waals surface area contributed by atoms with Crippen molar-refractivity contribution in [2.75, 3.05) is 20.1 Å². The standard InChI is InChI=1S/C22H33N7O/c1-16-6-7-18(13-17(16)2)14-25-22(30)28(3)19-5-4-12-29(15-19)21-9-8-20(26-27-21)24-11-10-23/h6-11,13,19-20,24,26H,4-5,12,14-15,23H2,1-3H3,(H,25,30)/b11-10-. The van der Waals surface area contributed by atoms with E-state index in [4.69, 9.17) is 5.73 Å². The minimum Gasteiger partial charge on any atom is -0.403 e. The number of benzene rings is 1. The molecule has 1 aromatic rings. The van der Waals surface area contributed by atoms with E-state index in [1.54, 1.807) is 6.20 Å². The Hall–Kier alpha value is -3.16. The molecule has 2 amide bonds. The van der Waals surface area contributed by atoms with E-state index >= 15 is 0 Å². The first-order valence-corrected chi connectivity index (χ1v) is 10.4. The van der Waals surface area contributed by atoms with Crippen LogP contribution in [0.5, 0.6) is 0 Å². The quantitative estimate of drug-likeness (QED) is 0.592. The molecule has 2 atom stereocenters. The van der Waals surface area contributed by atoms with E-state index in [1.165, 1.54) is 17.3 Å². The summed E-state index contributed by atoms with van der Waals surface area (Å²) in [6.07, 6.45) is 9.06. The molecule has 2 unspecified atom stereocenters. The number of aryl methyl sites for hydroxylation is 2. The summed E-state index contributed by atoms with van der Waals surface area (Å²) in [4.78, 5) is 16.8. The van der Waals surface area contributed by atoms with E-state index < -0.39 is 0 Å². The number of rotatable bonds is 5. The highest BCUT2D eigenvalue weighted by molar-refractivity contribution is 5.93. The molecule has 0 bridgehead atoms. The number of likely N-dealkylation sites (tertiary alicyclic amines) is 1. The summed E-state index contributed by atoms with van der Waals surface area (Å²) in [5.74, 6) is 0.887. The van der Waals surface area contributed by atoms with E-state index in [0.717, 1.165) is 37.3 Å². The van der Waals surface area contributed by atoms with Crippen molar-refractivity contribution in [3.8, 4) is 0 Å². The molecule has 0 aromatic heterocycles. The van der Waals surface area contributed by atoms with Gasteiger partial charge >= 0.3 is 6.03 Å². The number of nitrogens with two attached hydrogens (primary N) is 1. The van der Waals surface area contributed by atoms with E-state index in [1.807, 2.05) is 24.1 Å². The van der Waals surface area contributed by atoms with E-state index in [-0.39, 0.29) is 18.2 Å². The fourth-order valence-corrected chi connectivity index (χ4v) is 3.69. The molecule has 30 heavy (non-hydrogen) atoms. The third-order valence-corrected chi connectivity index (χ3v) is 5.73. The van der Waals surface area contributed by atoms with Crippen LogP contribution in [0.3, 0.4) is 0 Å². The number of hydrogen-bond donors (Lipinski definition) is 4. The summed E-state index contributed by atoms with van der Waals surface area (Å²) in [6.45, 7) is 6.41. The lowest BCUT2D eigenvalue weighted by atomic mass is 10.0. The number of hydrogen-bond acceptors (Lipinski definition) is 6. The number of amidine groups is 1. The van der Waals surface area contributed by atoms with Gasteiger partial charge in [0.1, 0.15) is 12.0 Å². The van der Waals surface area contributed by atoms with Crippen LogP contribution in [0, 0.1) is 13.8 Å². The first-order valence-electron chi connectivity index (χ1n) is 10.4. The van der Waals surface area contributed by atoms with Crippen molar-refractivity contribution in [1.82, 2.24) is 25.9 Å². The molecule has 162 valence electrons.